The van der Waals surface area contributed by atoms with Crippen molar-refractivity contribution >= 4 is 28.1 Å². The van der Waals surface area contributed by atoms with Crippen LogP contribution in [0.1, 0.15) is 91.3 Å². The summed E-state index contributed by atoms with van der Waals surface area (Å²) >= 11 is 0. The zero-order valence-corrected chi connectivity index (χ0v) is 38.5. The normalized spacial score (nSPS) is 22.1. The van der Waals surface area contributed by atoms with Crippen molar-refractivity contribution in [2.24, 2.45) is 22.9 Å². The minimum Gasteiger partial charge on any atom is -0.489 e. The number of fused-ring (bicyclic) bond motifs is 3. The number of nitrogens with zero attached hydrogens (tertiary/aromatic N) is 3. The number of oxime groups is 1. The van der Waals surface area contributed by atoms with Gasteiger partial charge in [0.2, 0.25) is 5.79 Å². The number of nitro groups is 1. The average molecular weight is 926 g/mol. The Kier molecular flexibility index (Phi) is 15.6. The number of allylic oxidation sites excluding steroid dienone is 1. The fourth-order valence-electron chi connectivity index (χ4n) is 10.5. The molecule has 12 nitrogen and oxygen atoms in total. The van der Waals surface area contributed by atoms with E-state index in [0.29, 0.717) is 59.7 Å². The topological polar surface area (TPSA) is 153 Å². The fraction of sp³-hybridized carbons (Fsp3) is 0.382. The van der Waals surface area contributed by atoms with Crippen LogP contribution < -0.4 is 9.47 Å². The average Bonchev–Trinajstić information content (AvgIpc) is 3.36. The lowest BCUT2D eigenvalue weighted by Gasteiger charge is -2.60. The molecule has 8 rings (SSSR count). The van der Waals surface area contributed by atoms with Crippen LogP contribution in [0.2, 0.25) is 0 Å². The van der Waals surface area contributed by atoms with Crippen molar-refractivity contribution in [3.63, 3.8) is 0 Å². The second-order valence-corrected chi connectivity index (χ2v) is 17.9. The molecule has 2 N–H and O–H groups in total. The van der Waals surface area contributed by atoms with Crippen LogP contribution in [0, 0.1) is 33.7 Å². The van der Waals surface area contributed by atoms with Gasteiger partial charge in [-0.2, -0.15) is 0 Å². The van der Waals surface area contributed by atoms with Crippen LogP contribution in [0.15, 0.2) is 139 Å². The lowest BCUT2D eigenvalue weighted by molar-refractivity contribution is -0.384. The minimum atomic E-state index is -1.47. The van der Waals surface area contributed by atoms with Crippen molar-refractivity contribution in [2.45, 2.75) is 89.3 Å². The highest BCUT2D eigenvalue weighted by Gasteiger charge is 2.65. The van der Waals surface area contributed by atoms with Crippen molar-refractivity contribution < 1.29 is 43.4 Å². The summed E-state index contributed by atoms with van der Waals surface area (Å²) in [5.74, 6) is -1.82. The van der Waals surface area contributed by atoms with Crippen molar-refractivity contribution in [3.05, 3.63) is 172 Å². The molecule has 2 aliphatic carbocycles. The molecule has 0 bridgehead atoms. The molecule has 1 fully saturated rings. The number of aliphatic hydroxyl groups is 2. The molecule has 13 heteroatoms. The molecule has 3 aliphatic rings. The Bertz CT molecular complexity index is 2640. The van der Waals surface area contributed by atoms with Crippen LogP contribution in [0.25, 0.3) is 10.8 Å². The summed E-state index contributed by atoms with van der Waals surface area (Å²) in [6.45, 7) is 6.71. The summed E-state index contributed by atoms with van der Waals surface area (Å²) in [4.78, 5) is 34.4. The Labute approximate surface area is 396 Å². The highest BCUT2D eigenvalue weighted by atomic mass is 19.1. The van der Waals surface area contributed by atoms with Gasteiger partial charge in [0.1, 0.15) is 36.6 Å². The summed E-state index contributed by atoms with van der Waals surface area (Å²) in [5.41, 5.74) is 3.96. The van der Waals surface area contributed by atoms with Crippen molar-refractivity contribution in [3.8, 4) is 11.5 Å². The maximum absolute atomic E-state index is 15.3. The van der Waals surface area contributed by atoms with E-state index < -0.39 is 22.7 Å². The van der Waals surface area contributed by atoms with Crippen LogP contribution in [-0.2, 0) is 22.8 Å². The Morgan fingerprint density at radius 3 is 2.43 bits per heavy atom. The Hall–Kier alpha value is -6.41. The second-order valence-electron chi connectivity index (χ2n) is 17.9. The van der Waals surface area contributed by atoms with E-state index in [1.54, 1.807) is 36.4 Å². The van der Waals surface area contributed by atoms with Gasteiger partial charge < -0.3 is 34.2 Å². The zero-order valence-electron chi connectivity index (χ0n) is 38.5. The zero-order chi connectivity index (χ0) is 47.6. The highest BCUT2D eigenvalue weighted by molar-refractivity contribution is 6.04. The lowest BCUT2D eigenvalue weighted by Crippen LogP contribution is -2.70. The number of aliphatic hydroxyl groups excluding tert-OH is 2. The van der Waals surface area contributed by atoms with Crippen LogP contribution in [0.3, 0.4) is 0 Å². The first-order valence-electron chi connectivity index (χ1n) is 23.8. The Morgan fingerprint density at radius 1 is 0.941 bits per heavy atom. The monoisotopic (exact) mass is 925 g/mol. The van der Waals surface area contributed by atoms with Crippen molar-refractivity contribution in [2.75, 3.05) is 26.4 Å². The van der Waals surface area contributed by atoms with E-state index in [2.05, 4.69) is 12.7 Å². The first kappa shape index (κ1) is 48.1. The summed E-state index contributed by atoms with van der Waals surface area (Å²) in [6.07, 6.45) is 9.05. The lowest BCUT2D eigenvalue weighted by atomic mass is 9.55. The molecule has 0 unspecified atom stereocenters. The van der Waals surface area contributed by atoms with Crippen LogP contribution >= 0.6 is 0 Å². The summed E-state index contributed by atoms with van der Waals surface area (Å²) in [5, 5.41) is 38.3. The number of hydrogen-bond acceptors (Lipinski definition) is 10. The van der Waals surface area contributed by atoms with Gasteiger partial charge in [0.25, 0.3) is 11.6 Å². The molecular formula is C55H60FN3O9. The first-order chi connectivity index (χ1) is 33.2. The van der Waals surface area contributed by atoms with Gasteiger partial charge >= 0.3 is 0 Å². The van der Waals surface area contributed by atoms with Gasteiger partial charge in [-0.25, -0.2) is 4.39 Å². The molecule has 356 valence electrons. The van der Waals surface area contributed by atoms with E-state index in [1.165, 1.54) is 18.2 Å². The molecule has 5 aromatic rings. The number of hydrogen-bond donors (Lipinski definition) is 2. The number of amides is 1. The number of halogens is 1. The van der Waals surface area contributed by atoms with Gasteiger partial charge in [-0.1, -0.05) is 85.6 Å². The highest BCUT2D eigenvalue weighted by Crippen LogP contribution is 2.62. The second kappa shape index (κ2) is 22.1. The number of carbonyl (C=O) groups excluding carboxylic acids is 1. The predicted octanol–water partition coefficient (Wildman–Crippen LogP) is 10.9. The smallest absolute Gasteiger partial charge is 0.269 e. The number of ether oxygens (including phenoxy) is 3. The van der Waals surface area contributed by atoms with E-state index in [9.17, 15) is 24.7 Å². The summed E-state index contributed by atoms with van der Waals surface area (Å²) in [7, 11) is 0. The largest absolute Gasteiger partial charge is 0.489 e. The van der Waals surface area contributed by atoms with Gasteiger partial charge in [-0.3, -0.25) is 14.9 Å². The SMILES string of the molecule is C=CCO[C@@]12Oc3ccc(OCc4ccccc4F)cc3[C@H]3[C@H](CCCCO)[C@@H](CCCCO)C=C(C(=NOCc4ccc([N+](=O)[O-])cc4)C[C@@H]1N(CCC)C(=O)c1ccc4ccccc4c1)[C@H]32. The third-order valence-electron chi connectivity index (χ3n) is 13.6. The number of carbonyl (C=O) groups is 1. The number of benzene rings is 5. The van der Waals surface area contributed by atoms with Gasteiger partial charge in [0.15, 0.2) is 0 Å². The molecule has 1 saturated carbocycles. The molecule has 0 radical (unpaired) electrons. The molecule has 68 heavy (non-hydrogen) atoms. The fourth-order valence-corrected chi connectivity index (χ4v) is 10.5. The summed E-state index contributed by atoms with van der Waals surface area (Å²) in [6, 6.07) is 31.3. The number of unbranched alkanes of at least 4 members (excludes halogenated alkanes) is 2. The van der Waals surface area contributed by atoms with Crippen LogP contribution in [0.4, 0.5) is 10.1 Å². The number of nitro benzene ring substituents is 1. The molecule has 0 spiro atoms. The Balaban J connectivity index is 1.31. The van der Waals surface area contributed by atoms with E-state index in [1.807, 2.05) is 72.5 Å². The van der Waals surface area contributed by atoms with Gasteiger partial charge in [-0.15, -0.1) is 6.58 Å². The van der Waals surface area contributed by atoms with E-state index in [4.69, 9.17) is 24.2 Å². The van der Waals surface area contributed by atoms with E-state index in [0.717, 1.165) is 47.6 Å². The molecule has 6 atom stereocenters. The minimum absolute atomic E-state index is 0.00932. The van der Waals surface area contributed by atoms with E-state index >= 15 is 4.79 Å². The first-order valence-corrected chi connectivity index (χ1v) is 23.8. The van der Waals surface area contributed by atoms with Gasteiger partial charge in [0.05, 0.1) is 23.2 Å². The molecule has 0 saturated heterocycles. The third-order valence-corrected chi connectivity index (χ3v) is 13.6. The van der Waals surface area contributed by atoms with Gasteiger partial charge in [0, 0.05) is 60.9 Å². The van der Waals surface area contributed by atoms with Crippen molar-refractivity contribution in [1.29, 1.82) is 0 Å². The maximum atomic E-state index is 15.3. The standard InChI is InChI=1S/C55H60FN3O9/c1-3-27-58(54(62)41-22-21-38-13-5-6-14-39(38)31-41)51-34-49(57-67-35-37-19-23-43(24-20-37)59(63)64)46-32-40(15-9-11-28-60)45(17-10-12-29-61)52-47-33-44(65-36-42-16-7-8-18-48(42)56)25-26-50(47)68-55(51,53(46)52)66-30-4-2/h4-8,13-14,16,18-26,31-33,40,45,51-53,60-61H,2-3,9-12,15,17,27-30,34-36H2,1H3/t40-,45+,51-,52+,53+,55+/m0/s1. The predicted molar refractivity (Wildman–Crippen MR) is 259 cm³/mol. The van der Waals surface area contributed by atoms with Crippen molar-refractivity contribution in [1.82, 2.24) is 4.90 Å². The molecule has 1 aliphatic heterocycles. The molecule has 1 amide bonds. The Morgan fingerprint density at radius 2 is 1.69 bits per heavy atom. The van der Waals surface area contributed by atoms with Crippen LogP contribution in [-0.4, -0.2) is 69.8 Å². The quantitative estimate of drug-likeness (QED) is 0.0299. The molecule has 1 heterocycles. The summed E-state index contributed by atoms with van der Waals surface area (Å²) < 4.78 is 35.7. The third kappa shape index (κ3) is 10.2. The number of rotatable bonds is 22. The molecule has 5 aromatic carbocycles. The van der Waals surface area contributed by atoms with Gasteiger partial charge in [-0.05, 0) is 114 Å². The molecular weight excluding hydrogens is 866 g/mol. The van der Waals surface area contributed by atoms with Crippen LogP contribution in [0.5, 0.6) is 11.5 Å². The van der Waals surface area contributed by atoms with E-state index in [-0.39, 0.29) is 74.6 Å². The molecule has 0 aromatic heterocycles. The number of non-ortho nitro benzene ring substituents is 1. The maximum Gasteiger partial charge on any atom is 0.269 e.